The van der Waals surface area contributed by atoms with Gasteiger partial charge < -0.3 is 19.7 Å². The molecule has 9 heteroatoms. The Hall–Kier alpha value is -3.10. The number of aromatic nitrogens is 2. The molecular formula is C24H26ClFN4O3. The Morgan fingerprint density at radius 1 is 1.36 bits per heavy atom. The molecule has 1 unspecified atom stereocenters. The number of carbonyl (C=O) groups is 1. The fraction of sp³-hybridized carbons (Fsp3) is 0.333. The van der Waals surface area contributed by atoms with Crippen LogP contribution < -0.4 is 14.8 Å². The van der Waals surface area contributed by atoms with Crippen molar-refractivity contribution in [2.24, 2.45) is 5.92 Å². The summed E-state index contributed by atoms with van der Waals surface area (Å²) in [4.78, 5) is 15.1. The molecule has 1 aliphatic rings. The monoisotopic (exact) mass is 472 g/mol. The predicted molar refractivity (Wildman–Crippen MR) is 125 cm³/mol. The van der Waals surface area contributed by atoms with Crippen LogP contribution in [0.2, 0.25) is 5.02 Å². The summed E-state index contributed by atoms with van der Waals surface area (Å²) < 4.78 is 26.6. The molecule has 2 N–H and O–H groups in total. The zero-order valence-corrected chi connectivity index (χ0v) is 19.3. The number of hydrogen-bond donors (Lipinski definition) is 2. The summed E-state index contributed by atoms with van der Waals surface area (Å²) in [5.74, 6) is -0.0588. The van der Waals surface area contributed by atoms with E-state index in [9.17, 15) is 9.18 Å². The van der Waals surface area contributed by atoms with Crippen LogP contribution in [0.4, 0.5) is 10.1 Å². The first kappa shape index (κ1) is 23.1. The normalized spacial score (nSPS) is 15.1. The third-order valence-corrected chi connectivity index (χ3v) is 5.68. The van der Waals surface area contributed by atoms with Crippen LogP contribution >= 0.6 is 11.6 Å². The van der Waals surface area contributed by atoms with Gasteiger partial charge in [0.2, 0.25) is 5.91 Å². The molecule has 174 valence electrons. The van der Waals surface area contributed by atoms with Crippen molar-refractivity contribution in [3.05, 3.63) is 59.1 Å². The quantitative estimate of drug-likeness (QED) is 0.475. The molecule has 0 fully saturated rings. The van der Waals surface area contributed by atoms with Gasteiger partial charge in [0.25, 0.3) is 0 Å². The van der Waals surface area contributed by atoms with Gasteiger partial charge in [0.15, 0.2) is 0 Å². The van der Waals surface area contributed by atoms with E-state index >= 15 is 0 Å². The number of ether oxygens (including phenoxy) is 2. The van der Waals surface area contributed by atoms with E-state index in [1.807, 2.05) is 14.1 Å². The molecule has 1 amide bonds. The van der Waals surface area contributed by atoms with Crippen LogP contribution in [0, 0.1) is 11.7 Å². The van der Waals surface area contributed by atoms with Crippen LogP contribution in [0.25, 0.3) is 11.1 Å². The van der Waals surface area contributed by atoms with E-state index < -0.39 is 11.7 Å². The highest BCUT2D eigenvalue weighted by Crippen LogP contribution is 2.35. The number of fused-ring (bicyclic) bond motifs is 1. The first-order chi connectivity index (χ1) is 15.9. The van der Waals surface area contributed by atoms with Crippen LogP contribution in [0.5, 0.6) is 11.5 Å². The first-order valence-electron chi connectivity index (χ1n) is 10.7. The highest BCUT2D eigenvalue weighted by atomic mass is 35.5. The van der Waals surface area contributed by atoms with Crippen LogP contribution in [-0.2, 0) is 11.2 Å². The van der Waals surface area contributed by atoms with Crippen molar-refractivity contribution in [2.75, 3.05) is 39.2 Å². The number of H-pyrrole nitrogens is 1. The average Bonchev–Trinajstić information content (AvgIpc) is 3.31. The van der Waals surface area contributed by atoms with Crippen molar-refractivity contribution in [3.63, 3.8) is 0 Å². The number of nitrogens with zero attached hydrogens (tertiary/aromatic N) is 2. The molecule has 1 aromatic heterocycles. The highest BCUT2D eigenvalue weighted by Gasteiger charge is 2.27. The minimum absolute atomic E-state index is 0.231. The maximum atomic E-state index is 14.9. The Balaban J connectivity index is 1.53. The van der Waals surface area contributed by atoms with E-state index in [2.05, 4.69) is 20.4 Å². The number of anilines is 1. The molecule has 0 saturated carbocycles. The topological polar surface area (TPSA) is 79.5 Å². The van der Waals surface area contributed by atoms with E-state index in [4.69, 9.17) is 21.1 Å². The molecule has 0 bridgehead atoms. The van der Waals surface area contributed by atoms with Gasteiger partial charge >= 0.3 is 0 Å². The second kappa shape index (κ2) is 10.2. The molecule has 0 aliphatic carbocycles. The number of nitrogens with one attached hydrogen (secondary N) is 2. The lowest BCUT2D eigenvalue weighted by Crippen LogP contribution is -2.32. The number of benzene rings is 2. The van der Waals surface area contributed by atoms with E-state index in [0.29, 0.717) is 34.9 Å². The molecule has 1 atom stereocenters. The van der Waals surface area contributed by atoms with Gasteiger partial charge in [-0.2, -0.15) is 5.10 Å². The van der Waals surface area contributed by atoms with Gasteiger partial charge in [-0.25, -0.2) is 4.39 Å². The smallest absolute Gasteiger partial charge is 0.231 e. The minimum atomic E-state index is -0.482. The Morgan fingerprint density at radius 2 is 2.21 bits per heavy atom. The van der Waals surface area contributed by atoms with Gasteiger partial charge in [0, 0.05) is 35.0 Å². The lowest BCUT2D eigenvalue weighted by molar-refractivity contribution is -0.121. The molecule has 0 radical (unpaired) electrons. The van der Waals surface area contributed by atoms with Crippen molar-refractivity contribution < 1.29 is 18.7 Å². The van der Waals surface area contributed by atoms with Crippen LogP contribution in [0.1, 0.15) is 12.0 Å². The third kappa shape index (κ3) is 5.64. The molecule has 2 heterocycles. The van der Waals surface area contributed by atoms with Crippen molar-refractivity contribution in [1.29, 1.82) is 0 Å². The summed E-state index contributed by atoms with van der Waals surface area (Å²) in [7, 11) is 3.97. The lowest BCUT2D eigenvalue weighted by Gasteiger charge is -2.25. The summed E-state index contributed by atoms with van der Waals surface area (Å²) in [5.41, 5.74) is 2.09. The van der Waals surface area contributed by atoms with Gasteiger partial charge in [-0.3, -0.25) is 9.89 Å². The van der Waals surface area contributed by atoms with Crippen molar-refractivity contribution in [1.82, 2.24) is 15.1 Å². The Bertz CT molecular complexity index is 1120. The summed E-state index contributed by atoms with van der Waals surface area (Å²) in [6.07, 6.45) is 4.41. The number of halogens is 2. The molecular weight excluding hydrogens is 447 g/mol. The summed E-state index contributed by atoms with van der Waals surface area (Å²) in [5, 5.41) is 10.00. The average molecular weight is 473 g/mol. The third-order valence-electron chi connectivity index (χ3n) is 5.44. The maximum Gasteiger partial charge on any atom is 0.231 e. The van der Waals surface area contributed by atoms with E-state index in [0.717, 1.165) is 24.3 Å². The van der Waals surface area contributed by atoms with Crippen molar-refractivity contribution in [2.45, 2.75) is 12.8 Å². The van der Waals surface area contributed by atoms with Gasteiger partial charge in [-0.05, 0) is 56.8 Å². The summed E-state index contributed by atoms with van der Waals surface area (Å²) in [6.45, 7) is 1.50. The summed E-state index contributed by atoms with van der Waals surface area (Å²) >= 11 is 6.08. The second-order valence-corrected chi connectivity index (χ2v) is 8.71. The van der Waals surface area contributed by atoms with E-state index in [1.54, 1.807) is 30.5 Å². The van der Waals surface area contributed by atoms with Crippen LogP contribution in [0.15, 0.2) is 42.7 Å². The minimum Gasteiger partial charge on any atom is -0.492 e. The first-order valence-corrected chi connectivity index (χ1v) is 11.1. The SMILES string of the molecule is CN(C)CCCOc1cc(-c2cn[nH]c2)c(F)cc1NC(=O)C1COc2ccc(Cl)cc2C1. The number of aromatic amines is 1. The molecule has 33 heavy (non-hydrogen) atoms. The van der Waals surface area contributed by atoms with Gasteiger partial charge in [0.1, 0.15) is 23.9 Å². The van der Waals surface area contributed by atoms with Gasteiger partial charge in [0.05, 0.1) is 24.4 Å². The number of carbonyl (C=O) groups excluding carboxylic acids is 1. The predicted octanol–water partition coefficient (Wildman–Crippen LogP) is 4.39. The fourth-order valence-corrected chi connectivity index (χ4v) is 3.91. The number of hydrogen-bond acceptors (Lipinski definition) is 5. The summed E-state index contributed by atoms with van der Waals surface area (Å²) in [6, 6.07) is 8.24. The molecule has 3 aromatic rings. The molecule has 0 spiro atoms. The van der Waals surface area contributed by atoms with Crippen LogP contribution in [0.3, 0.4) is 0 Å². The van der Waals surface area contributed by atoms with Gasteiger partial charge in [-0.15, -0.1) is 0 Å². The highest BCUT2D eigenvalue weighted by molar-refractivity contribution is 6.30. The van der Waals surface area contributed by atoms with E-state index in [-0.39, 0.29) is 18.2 Å². The molecule has 2 aromatic carbocycles. The largest absolute Gasteiger partial charge is 0.492 e. The van der Waals surface area contributed by atoms with Crippen molar-refractivity contribution >= 4 is 23.2 Å². The van der Waals surface area contributed by atoms with Crippen LogP contribution in [-0.4, -0.2) is 54.9 Å². The molecule has 1 aliphatic heterocycles. The molecule has 7 nitrogen and oxygen atoms in total. The zero-order chi connectivity index (χ0) is 23.4. The second-order valence-electron chi connectivity index (χ2n) is 8.27. The fourth-order valence-electron chi connectivity index (χ4n) is 3.72. The lowest BCUT2D eigenvalue weighted by atomic mass is 9.96. The standard InChI is InChI=1S/C24H26ClFN4O3/c1-30(2)6-3-7-32-23-10-19(17-12-27-28-13-17)20(26)11-21(23)29-24(31)16-8-15-9-18(25)4-5-22(15)33-14-16/h4-5,9-13,16H,3,6-8,14H2,1-2H3,(H,27,28)(H,29,31). The Morgan fingerprint density at radius 3 is 2.97 bits per heavy atom. The number of amides is 1. The molecule has 0 saturated heterocycles. The van der Waals surface area contributed by atoms with Gasteiger partial charge in [-0.1, -0.05) is 11.6 Å². The van der Waals surface area contributed by atoms with Crippen molar-refractivity contribution in [3.8, 4) is 22.6 Å². The number of rotatable bonds is 8. The zero-order valence-electron chi connectivity index (χ0n) is 18.5. The maximum absolute atomic E-state index is 14.9. The Labute approximate surface area is 196 Å². The Kier molecular flexibility index (Phi) is 7.15. The molecule has 4 rings (SSSR count). The van der Waals surface area contributed by atoms with E-state index in [1.165, 1.54) is 12.3 Å².